The van der Waals surface area contributed by atoms with Gasteiger partial charge in [0, 0.05) is 18.8 Å². The number of hydrogen-bond donors (Lipinski definition) is 1. The van der Waals surface area contributed by atoms with E-state index in [9.17, 15) is 4.79 Å². The Morgan fingerprint density at radius 2 is 2.26 bits per heavy atom. The van der Waals surface area contributed by atoms with Crippen LogP contribution in [0.5, 0.6) is 5.75 Å². The molecule has 0 amide bonds. The van der Waals surface area contributed by atoms with Gasteiger partial charge in [0.25, 0.3) is 5.56 Å². The molecule has 23 heavy (non-hydrogen) atoms. The fourth-order valence-electron chi connectivity index (χ4n) is 2.00. The van der Waals surface area contributed by atoms with Crippen LogP contribution >= 0.6 is 11.3 Å². The van der Waals surface area contributed by atoms with Gasteiger partial charge < -0.3 is 14.8 Å². The number of fused-ring (bicyclic) bond motifs is 1. The maximum Gasteiger partial charge on any atom is 0.275 e. The van der Waals surface area contributed by atoms with Crippen LogP contribution in [0.4, 0.5) is 5.13 Å². The second-order valence-corrected chi connectivity index (χ2v) is 5.67. The van der Waals surface area contributed by atoms with Crippen LogP contribution in [-0.2, 0) is 11.3 Å². The maximum absolute atomic E-state index is 11.6. The average molecular weight is 332 g/mol. The molecule has 3 rings (SSSR count). The number of aromatic nitrogens is 3. The van der Waals surface area contributed by atoms with E-state index in [2.05, 4.69) is 15.4 Å². The highest BCUT2D eigenvalue weighted by molar-refractivity contribution is 7.20. The van der Waals surface area contributed by atoms with Crippen LogP contribution in [0.25, 0.3) is 4.96 Å². The third-order valence-electron chi connectivity index (χ3n) is 3.10. The van der Waals surface area contributed by atoms with E-state index < -0.39 is 0 Å². The topological polar surface area (TPSA) is 77.8 Å². The maximum atomic E-state index is 11.6. The molecule has 0 spiro atoms. The Morgan fingerprint density at radius 1 is 1.35 bits per heavy atom. The Balaban J connectivity index is 1.47. The third kappa shape index (κ3) is 3.85. The second-order valence-electron chi connectivity index (χ2n) is 4.72. The lowest BCUT2D eigenvalue weighted by atomic mass is 10.2. The van der Waals surface area contributed by atoms with Crippen molar-refractivity contribution in [2.24, 2.45) is 0 Å². The molecule has 0 atom stereocenters. The molecule has 0 bridgehead atoms. The largest absolute Gasteiger partial charge is 0.497 e. The summed E-state index contributed by atoms with van der Waals surface area (Å²) in [5, 5.41) is 7.94. The molecule has 8 heteroatoms. The second kappa shape index (κ2) is 7.21. The van der Waals surface area contributed by atoms with Gasteiger partial charge in [-0.3, -0.25) is 4.79 Å². The zero-order chi connectivity index (χ0) is 16.1. The molecule has 0 aliphatic heterocycles. The zero-order valence-electron chi connectivity index (χ0n) is 12.6. The molecule has 7 nitrogen and oxygen atoms in total. The van der Waals surface area contributed by atoms with Gasteiger partial charge in [-0.2, -0.15) is 4.52 Å². The van der Waals surface area contributed by atoms with E-state index in [-0.39, 0.29) is 5.56 Å². The van der Waals surface area contributed by atoms with Crippen LogP contribution < -0.4 is 15.6 Å². The van der Waals surface area contributed by atoms with Gasteiger partial charge in [-0.05, 0) is 17.7 Å². The molecule has 2 heterocycles. The Labute approximate surface area is 136 Å². The minimum Gasteiger partial charge on any atom is -0.497 e. The number of ether oxygens (including phenoxy) is 2. The molecule has 120 valence electrons. The van der Waals surface area contributed by atoms with Crippen LogP contribution in [-0.4, -0.2) is 34.9 Å². The Kier molecular flexibility index (Phi) is 4.84. The minimum absolute atomic E-state index is 0.187. The quantitative estimate of drug-likeness (QED) is 0.665. The van der Waals surface area contributed by atoms with Crippen LogP contribution in [0.1, 0.15) is 5.56 Å². The van der Waals surface area contributed by atoms with E-state index in [1.165, 1.54) is 28.1 Å². The zero-order valence-corrected chi connectivity index (χ0v) is 13.4. The summed E-state index contributed by atoms with van der Waals surface area (Å²) in [6.45, 7) is 1.63. The van der Waals surface area contributed by atoms with Crippen LogP contribution in [0.2, 0.25) is 0 Å². The van der Waals surface area contributed by atoms with Crippen molar-refractivity contribution in [3.63, 3.8) is 0 Å². The molecular weight excluding hydrogens is 316 g/mol. The Morgan fingerprint density at radius 3 is 3.09 bits per heavy atom. The molecule has 0 unspecified atom stereocenters. The molecular formula is C15H16N4O3S. The van der Waals surface area contributed by atoms with Crippen molar-refractivity contribution in [2.75, 3.05) is 25.6 Å². The van der Waals surface area contributed by atoms with Crippen molar-refractivity contribution in [3.8, 4) is 5.75 Å². The van der Waals surface area contributed by atoms with Gasteiger partial charge in [-0.25, -0.2) is 4.98 Å². The van der Waals surface area contributed by atoms with E-state index in [1.54, 1.807) is 7.11 Å². The van der Waals surface area contributed by atoms with Crippen molar-refractivity contribution in [1.82, 2.24) is 14.6 Å². The molecule has 1 aromatic carbocycles. The molecule has 0 saturated heterocycles. The summed E-state index contributed by atoms with van der Waals surface area (Å²) in [5.41, 5.74) is 0.869. The molecule has 2 aromatic heterocycles. The van der Waals surface area contributed by atoms with Gasteiger partial charge in [0.15, 0.2) is 0 Å². The molecule has 0 aliphatic rings. The van der Waals surface area contributed by atoms with Gasteiger partial charge in [0.05, 0.1) is 20.3 Å². The monoisotopic (exact) mass is 332 g/mol. The molecule has 0 aliphatic carbocycles. The number of rotatable bonds is 7. The summed E-state index contributed by atoms with van der Waals surface area (Å²) in [4.78, 5) is 16.2. The fourth-order valence-corrected chi connectivity index (χ4v) is 2.80. The van der Waals surface area contributed by atoms with Crippen molar-refractivity contribution in [3.05, 3.63) is 52.4 Å². The summed E-state index contributed by atoms with van der Waals surface area (Å²) < 4.78 is 12.1. The summed E-state index contributed by atoms with van der Waals surface area (Å²) >= 11 is 1.33. The van der Waals surface area contributed by atoms with E-state index in [0.717, 1.165) is 11.3 Å². The first-order valence-electron chi connectivity index (χ1n) is 7.06. The predicted octanol–water partition coefficient (Wildman–Crippen LogP) is 1.79. The SMILES string of the molecule is COc1cccc(COCCNc2nn3c(=O)ccnc3s2)c1. The molecule has 3 aromatic rings. The van der Waals surface area contributed by atoms with Crippen molar-refractivity contribution in [1.29, 1.82) is 0 Å². The number of anilines is 1. The number of nitrogens with zero attached hydrogens (tertiary/aromatic N) is 3. The summed E-state index contributed by atoms with van der Waals surface area (Å²) in [7, 11) is 1.64. The highest BCUT2D eigenvalue weighted by Gasteiger charge is 2.05. The average Bonchev–Trinajstić information content (AvgIpc) is 2.99. The van der Waals surface area contributed by atoms with E-state index in [0.29, 0.717) is 29.9 Å². The lowest BCUT2D eigenvalue weighted by molar-refractivity contribution is 0.130. The van der Waals surface area contributed by atoms with Crippen molar-refractivity contribution in [2.45, 2.75) is 6.61 Å². The van der Waals surface area contributed by atoms with E-state index in [1.807, 2.05) is 24.3 Å². The first-order valence-corrected chi connectivity index (χ1v) is 7.87. The molecule has 0 fully saturated rings. The van der Waals surface area contributed by atoms with Crippen molar-refractivity contribution >= 4 is 21.4 Å². The normalized spacial score (nSPS) is 10.8. The number of methoxy groups -OCH3 is 1. The predicted molar refractivity (Wildman–Crippen MR) is 88.3 cm³/mol. The van der Waals surface area contributed by atoms with E-state index in [4.69, 9.17) is 9.47 Å². The first-order chi connectivity index (χ1) is 11.3. The lowest BCUT2D eigenvalue weighted by Gasteiger charge is -2.06. The number of nitrogens with one attached hydrogen (secondary N) is 1. The highest BCUT2D eigenvalue weighted by Crippen LogP contribution is 2.15. The Bertz CT molecular complexity index is 846. The Hall–Kier alpha value is -2.45. The minimum atomic E-state index is -0.187. The van der Waals surface area contributed by atoms with Crippen molar-refractivity contribution < 1.29 is 9.47 Å². The smallest absolute Gasteiger partial charge is 0.275 e. The molecule has 1 N–H and O–H groups in total. The first kappa shape index (κ1) is 15.4. The van der Waals surface area contributed by atoms with Gasteiger partial charge in [0.2, 0.25) is 10.1 Å². The van der Waals surface area contributed by atoms with Gasteiger partial charge in [-0.15, -0.1) is 5.10 Å². The van der Waals surface area contributed by atoms with Crippen LogP contribution in [0.3, 0.4) is 0 Å². The van der Waals surface area contributed by atoms with Crippen LogP contribution in [0.15, 0.2) is 41.3 Å². The summed E-state index contributed by atoms with van der Waals surface area (Å²) in [6, 6.07) is 9.14. The lowest BCUT2D eigenvalue weighted by Crippen LogP contribution is -2.13. The summed E-state index contributed by atoms with van der Waals surface area (Å²) in [5.74, 6) is 0.816. The van der Waals surface area contributed by atoms with Gasteiger partial charge in [-0.1, -0.05) is 23.5 Å². The molecule has 0 radical (unpaired) electrons. The fraction of sp³-hybridized carbons (Fsp3) is 0.267. The van der Waals surface area contributed by atoms with Gasteiger partial charge in [0.1, 0.15) is 5.75 Å². The number of benzene rings is 1. The highest BCUT2D eigenvalue weighted by atomic mass is 32.1. The van der Waals surface area contributed by atoms with Gasteiger partial charge >= 0.3 is 0 Å². The standard InChI is InChI=1S/C15H16N4O3S/c1-21-12-4-2-3-11(9-12)10-22-8-7-16-14-18-19-13(20)5-6-17-15(19)23-14/h2-6,9H,7-8,10H2,1H3,(H,16,18). The summed E-state index contributed by atoms with van der Waals surface area (Å²) in [6.07, 6.45) is 1.48. The third-order valence-corrected chi connectivity index (χ3v) is 3.98. The molecule has 0 saturated carbocycles. The van der Waals surface area contributed by atoms with Crippen LogP contribution in [0, 0.1) is 0 Å². The van der Waals surface area contributed by atoms with E-state index >= 15 is 0 Å². The number of hydrogen-bond acceptors (Lipinski definition) is 7.